The Bertz CT molecular complexity index is 3720. The largest absolute Gasteiger partial charge is 0.455 e. The van der Waals surface area contributed by atoms with E-state index in [1.807, 2.05) is 146 Å². The topological polar surface area (TPSA) is 16.4 Å². The number of hydrogen-bond donors (Lipinski definition) is 0. The van der Waals surface area contributed by atoms with Crippen LogP contribution in [-0.2, 0) is 0 Å². The molecular weight excluding hydrogens is 813 g/mol. The molecule has 11 rings (SSSR count). The Labute approximate surface area is 407 Å². The fourth-order valence-electron chi connectivity index (χ4n) is 9.65. The van der Waals surface area contributed by atoms with Crippen molar-refractivity contribution in [1.29, 1.82) is 0 Å². The van der Waals surface area contributed by atoms with Crippen LogP contribution < -0.4 is 48.6 Å². The Morgan fingerprint density at radius 3 is 1.46 bits per heavy atom. The molecule has 0 unspecified atom stereocenters. The van der Waals surface area contributed by atoms with Gasteiger partial charge < -0.3 is 9.32 Å². The van der Waals surface area contributed by atoms with E-state index < -0.39 is 0 Å². The van der Waals surface area contributed by atoms with Gasteiger partial charge in [-0.2, -0.15) is 0 Å². The number of benzene rings is 10. The van der Waals surface area contributed by atoms with Gasteiger partial charge in [-0.05, 0) is 91.4 Å². The molecule has 11 aromatic rings. The molecule has 0 spiro atoms. The van der Waals surface area contributed by atoms with Crippen LogP contribution in [0.3, 0.4) is 0 Å². The first-order chi connectivity index (χ1) is 33.1. The second-order valence-electron chi connectivity index (χ2n) is 17.0. The van der Waals surface area contributed by atoms with Crippen molar-refractivity contribution in [2.24, 2.45) is 0 Å². The molecular formula is C58H31B8NO. The molecule has 0 N–H and O–H groups in total. The van der Waals surface area contributed by atoms with Crippen molar-refractivity contribution in [3.05, 3.63) is 188 Å². The molecule has 10 aromatic carbocycles. The molecule has 16 radical (unpaired) electrons. The van der Waals surface area contributed by atoms with Crippen LogP contribution in [0, 0.1) is 0 Å². The maximum absolute atomic E-state index is 7.23. The monoisotopic (exact) mass is 845 g/mol. The maximum atomic E-state index is 7.23. The van der Waals surface area contributed by atoms with E-state index in [1.54, 1.807) is 4.90 Å². The van der Waals surface area contributed by atoms with Gasteiger partial charge in [-0.25, -0.2) is 0 Å². The molecule has 0 saturated carbocycles. The summed E-state index contributed by atoms with van der Waals surface area (Å²) < 4.78 is 6.58. The molecule has 1 aromatic heterocycles. The summed E-state index contributed by atoms with van der Waals surface area (Å²) in [7, 11) is 57.3. The van der Waals surface area contributed by atoms with Crippen LogP contribution in [0.5, 0.6) is 0 Å². The lowest BCUT2D eigenvalue weighted by Crippen LogP contribution is -2.50. The summed E-state index contributed by atoms with van der Waals surface area (Å²) >= 11 is 0. The summed E-state index contributed by atoms with van der Waals surface area (Å²) in [6.45, 7) is 0. The standard InChI is InChI=1S/C58H31B8NO/c59-48-45(36-26-24-34(25-27-36)32-12-3-1-4-13-32)49(60)53(64)56(52(48)63)67(57-54(65)50(61)46(51(62)55(57)66)39-19-9-17-37(30-39)33-14-5-2-6-15-33)40-20-10-18-38(31-40)41-22-11-23-44-47(41)43-29-28-35-16-7-8-21-42(35)58(43)68-44/h1-31H. The van der Waals surface area contributed by atoms with Crippen LogP contribution in [0.25, 0.3) is 88.3 Å². The van der Waals surface area contributed by atoms with Crippen molar-refractivity contribution >= 4 is 156 Å². The van der Waals surface area contributed by atoms with Crippen LogP contribution in [0.4, 0.5) is 17.1 Å². The predicted octanol–water partition coefficient (Wildman–Crippen LogP) is 6.89. The molecule has 0 aliphatic heterocycles. The first-order valence-electron chi connectivity index (χ1n) is 22.2. The second-order valence-corrected chi connectivity index (χ2v) is 17.0. The molecule has 0 aliphatic rings. The fourth-order valence-corrected chi connectivity index (χ4v) is 9.65. The Hall–Kier alpha value is -7.42. The average molecular weight is 844 g/mol. The van der Waals surface area contributed by atoms with Crippen molar-refractivity contribution < 1.29 is 4.42 Å². The zero-order valence-corrected chi connectivity index (χ0v) is 36.9. The van der Waals surface area contributed by atoms with Gasteiger partial charge in [0.25, 0.3) is 0 Å². The van der Waals surface area contributed by atoms with Gasteiger partial charge in [0.1, 0.15) is 73.9 Å². The summed E-state index contributed by atoms with van der Waals surface area (Å²) in [5, 5.41) is 4.06. The first kappa shape index (κ1) is 43.2. The lowest BCUT2D eigenvalue weighted by molar-refractivity contribution is 0.673. The number of furan rings is 1. The third-order valence-corrected chi connectivity index (χ3v) is 13.0. The van der Waals surface area contributed by atoms with Crippen LogP contribution in [0.15, 0.2) is 192 Å². The lowest BCUT2D eigenvalue weighted by Gasteiger charge is -2.37. The number of anilines is 3. The zero-order valence-electron chi connectivity index (χ0n) is 36.9. The van der Waals surface area contributed by atoms with Crippen LogP contribution in [0.2, 0.25) is 0 Å². The lowest BCUT2D eigenvalue weighted by atomic mass is 9.63. The molecule has 2 nitrogen and oxygen atoms in total. The highest BCUT2D eigenvalue weighted by Gasteiger charge is 2.27. The van der Waals surface area contributed by atoms with Crippen molar-refractivity contribution in [1.82, 2.24) is 0 Å². The van der Waals surface area contributed by atoms with Gasteiger partial charge in [-0.3, -0.25) is 0 Å². The maximum Gasteiger partial charge on any atom is 0.143 e. The van der Waals surface area contributed by atoms with Gasteiger partial charge in [-0.1, -0.05) is 201 Å². The van der Waals surface area contributed by atoms with Gasteiger partial charge in [0.2, 0.25) is 0 Å². The predicted molar refractivity (Wildman–Crippen MR) is 296 cm³/mol. The fraction of sp³-hybridized carbons (Fsp3) is 0. The number of fused-ring (bicyclic) bond motifs is 5. The van der Waals surface area contributed by atoms with E-state index in [1.165, 1.54) is 0 Å². The minimum Gasteiger partial charge on any atom is -0.455 e. The van der Waals surface area contributed by atoms with Gasteiger partial charge >= 0.3 is 0 Å². The van der Waals surface area contributed by atoms with Gasteiger partial charge in [0, 0.05) is 33.2 Å². The van der Waals surface area contributed by atoms with Crippen LogP contribution >= 0.6 is 0 Å². The van der Waals surface area contributed by atoms with Gasteiger partial charge in [-0.15, -0.1) is 0 Å². The molecule has 1 heterocycles. The third kappa shape index (κ3) is 7.17. The molecule has 0 amide bonds. The smallest absolute Gasteiger partial charge is 0.143 e. The van der Waals surface area contributed by atoms with Crippen molar-refractivity contribution in [3.8, 4) is 55.6 Å². The SMILES string of the molecule is [B]c1c([B])c(N(c2cccc(-c3cccc4oc5c6ccccc6ccc5c34)c2)c2c([B])c([B])c(-c3cccc(-c4ccccc4)c3)c([B])c2[B])c([B])c([B])c1-c1ccc(-c2ccccc2)cc1. The number of nitrogens with zero attached hydrogens (tertiary/aromatic N) is 1. The van der Waals surface area contributed by atoms with Crippen molar-refractivity contribution in [3.63, 3.8) is 0 Å². The highest BCUT2D eigenvalue weighted by molar-refractivity contribution is 6.65. The summed E-state index contributed by atoms with van der Waals surface area (Å²) in [6, 6.07) is 62.3. The van der Waals surface area contributed by atoms with E-state index in [4.69, 9.17) is 67.2 Å². The molecule has 0 bridgehead atoms. The van der Waals surface area contributed by atoms with Gasteiger partial charge in [0.15, 0.2) is 0 Å². The van der Waals surface area contributed by atoms with E-state index in [2.05, 4.69) is 42.5 Å². The first-order valence-corrected chi connectivity index (χ1v) is 22.2. The van der Waals surface area contributed by atoms with E-state index in [0.717, 1.165) is 77.2 Å². The summed E-state index contributed by atoms with van der Waals surface area (Å²) in [6.07, 6.45) is 0. The van der Waals surface area contributed by atoms with Crippen molar-refractivity contribution in [2.75, 3.05) is 4.90 Å². The number of rotatable bonds is 8. The quantitative estimate of drug-likeness (QED) is 0.155. The molecule has 68 heavy (non-hydrogen) atoms. The van der Waals surface area contributed by atoms with Crippen LogP contribution in [0.1, 0.15) is 0 Å². The number of hydrogen-bond acceptors (Lipinski definition) is 2. The summed E-state index contributed by atoms with van der Waals surface area (Å²) in [5.74, 6) is 0. The van der Waals surface area contributed by atoms with E-state index >= 15 is 0 Å². The summed E-state index contributed by atoms with van der Waals surface area (Å²) in [4.78, 5) is 1.77. The summed E-state index contributed by atoms with van der Waals surface area (Å²) in [5.41, 5.74) is 12.5. The normalized spacial score (nSPS) is 11.4. The highest BCUT2D eigenvalue weighted by Crippen LogP contribution is 2.41. The molecule has 0 saturated heterocycles. The Morgan fingerprint density at radius 1 is 0.324 bits per heavy atom. The minimum absolute atomic E-state index is 0.147. The van der Waals surface area contributed by atoms with Crippen molar-refractivity contribution in [2.45, 2.75) is 0 Å². The van der Waals surface area contributed by atoms with E-state index in [-0.39, 0.29) is 55.1 Å². The highest BCUT2D eigenvalue weighted by atomic mass is 16.3. The Kier molecular flexibility index (Phi) is 11.0. The minimum atomic E-state index is 0.147. The molecule has 298 valence electrons. The second kappa shape index (κ2) is 17.3. The molecule has 0 aliphatic carbocycles. The van der Waals surface area contributed by atoms with E-state index in [9.17, 15) is 0 Å². The van der Waals surface area contributed by atoms with Crippen LogP contribution in [-0.4, -0.2) is 62.8 Å². The van der Waals surface area contributed by atoms with Gasteiger partial charge in [0.05, 0.1) is 0 Å². The molecule has 0 fully saturated rings. The average Bonchev–Trinajstić information content (AvgIpc) is 3.78. The Balaban J connectivity index is 1.12. The zero-order chi connectivity index (χ0) is 46.8. The molecule has 0 atom stereocenters. The van der Waals surface area contributed by atoms with E-state index in [0.29, 0.717) is 16.8 Å². The molecule has 10 heteroatoms. The Morgan fingerprint density at radius 2 is 0.809 bits per heavy atom. The third-order valence-electron chi connectivity index (χ3n) is 13.0.